The van der Waals surface area contributed by atoms with Crippen molar-refractivity contribution in [2.75, 3.05) is 5.75 Å². The number of hydrogen-bond donors (Lipinski definition) is 1. The molecule has 1 fully saturated rings. The van der Waals surface area contributed by atoms with E-state index in [1.165, 1.54) is 37.1 Å². The third-order valence-electron chi connectivity index (χ3n) is 5.50. The van der Waals surface area contributed by atoms with E-state index in [0.29, 0.717) is 16.9 Å². The molecule has 1 aromatic heterocycles. The van der Waals surface area contributed by atoms with Crippen molar-refractivity contribution in [1.82, 2.24) is 20.1 Å². The number of carbonyl (C=O) groups excluding carboxylic acids is 1. The van der Waals surface area contributed by atoms with Crippen LogP contribution in [0, 0.1) is 11.7 Å². The highest BCUT2D eigenvalue weighted by molar-refractivity contribution is 7.99. The monoisotopic (exact) mass is 434 g/mol. The molecule has 1 aromatic carbocycles. The molecule has 3 atom stereocenters. The number of halogens is 1. The summed E-state index contributed by atoms with van der Waals surface area (Å²) < 4.78 is 21.7. The lowest BCUT2D eigenvalue weighted by atomic mass is 9.86. The number of thioether (sulfide) groups is 1. The number of carbonyl (C=O) groups is 1. The van der Waals surface area contributed by atoms with E-state index in [9.17, 15) is 9.18 Å². The quantitative estimate of drug-likeness (QED) is 0.597. The molecule has 1 aliphatic rings. The average molecular weight is 435 g/mol. The molecule has 0 bridgehead atoms. The molecule has 6 nitrogen and oxygen atoms in total. The second-order valence-electron chi connectivity index (χ2n) is 8.22. The third kappa shape index (κ3) is 5.53. The molecule has 8 heteroatoms. The van der Waals surface area contributed by atoms with E-state index in [1.807, 2.05) is 25.3 Å². The minimum absolute atomic E-state index is 0.0225. The molecule has 0 saturated heterocycles. The van der Waals surface area contributed by atoms with E-state index in [1.54, 1.807) is 18.2 Å². The van der Waals surface area contributed by atoms with Crippen molar-refractivity contribution in [1.29, 1.82) is 0 Å². The first-order chi connectivity index (χ1) is 14.4. The molecule has 1 N–H and O–H groups in total. The molecule has 164 valence electrons. The van der Waals surface area contributed by atoms with Gasteiger partial charge in [0.15, 0.2) is 28.7 Å². The van der Waals surface area contributed by atoms with Gasteiger partial charge in [-0.15, -0.1) is 10.2 Å². The minimum Gasteiger partial charge on any atom is -0.480 e. The first kappa shape index (κ1) is 22.6. The van der Waals surface area contributed by atoms with Crippen LogP contribution in [0.2, 0.25) is 0 Å². The summed E-state index contributed by atoms with van der Waals surface area (Å²) in [6.07, 6.45) is 4.16. The zero-order chi connectivity index (χ0) is 21.7. The molecular weight excluding hydrogens is 403 g/mol. The van der Waals surface area contributed by atoms with E-state index in [2.05, 4.69) is 22.4 Å². The number of rotatable bonds is 8. The lowest BCUT2D eigenvalue weighted by Gasteiger charge is -2.29. The summed E-state index contributed by atoms with van der Waals surface area (Å²) in [6, 6.07) is 6.64. The Kier molecular flexibility index (Phi) is 7.75. The Labute approximate surface area is 182 Å². The number of nitrogens with one attached hydrogen (secondary N) is 1. The van der Waals surface area contributed by atoms with Gasteiger partial charge in [0.2, 0.25) is 5.91 Å². The number of benzene rings is 1. The minimum atomic E-state index is -0.483. The lowest BCUT2D eigenvalue weighted by molar-refractivity contribution is -0.119. The molecule has 1 aliphatic carbocycles. The van der Waals surface area contributed by atoms with Gasteiger partial charge in [0, 0.05) is 12.1 Å². The molecule has 3 rings (SSSR count). The van der Waals surface area contributed by atoms with Crippen molar-refractivity contribution in [2.45, 2.75) is 76.7 Å². The zero-order valence-electron chi connectivity index (χ0n) is 18.1. The van der Waals surface area contributed by atoms with Gasteiger partial charge >= 0.3 is 0 Å². The van der Waals surface area contributed by atoms with Gasteiger partial charge in [0.25, 0.3) is 0 Å². The van der Waals surface area contributed by atoms with Gasteiger partial charge in [-0.3, -0.25) is 4.79 Å². The van der Waals surface area contributed by atoms with Crippen LogP contribution in [0.1, 0.15) is 71.3 Å². The van der Waals surface area contributed by atoms with Crippen LogP contribution in [0.15, 0.2) is 29.4 Å². The van der Waals surface area contributed by atoms with Crippen LogP contribution < -0.4 is 10.1 Å². The molecule has 1 amide bonds. The number of amides is 1. The number of para-hydroxylation sites is 1. The van der Waals surface area contributed by atoms with Crippen molar-refractivity contribution in [2.24, 2.45) is 5.92 Å². The van der Waals surface area contributed by atoms with E-state index in [-0.39, 0.29) is 29.5 Å². The van der Waals surface area contributed by atoms with E-state index < -0.39 is 11.9 Å². The summed E-state index contributed by atoms with van der Waals surface area (Å²) in [5.41, 5.74) is 0. The molecule has 30 heavy (non-hydrogen) atoms. The van der Waals surface area contributed by atoms with Gasteiger partial charge in [-0.05, 0) is 51.7 Å². The molecule has 3 unspecified atom stereocenters. The Hall–Kier alpha value is -2.09. The molecule has 0 radical (unpaired) electrons. The first-order valence-electron chi connectivity index (χ1n) is 10.6. The Bertz CT molecular complexity index is 857. The Balaban J connectivity index is 1.65. The average Bonchev–Trinajstić information content (AvgIpc) is 3.14. The van der Waals surface area contributed by atoms with E-state index >= 15 is 0 Å². The maximum Gasteiger partial charge on any atom is 0.230 e. The highest BCUT2D eigenvalue weighted by Crippen LogP contribution is 2.29. The summed E-state index contributed by atoms with van der Waals surface area (Å²) in [4.78, 5) is 12.5. The van der Waals surface area contributed by atoms with Crippen LogP contribution in [0.5, 0.6) is 5.75 Å². The van der Waals surface area contributed by atoms with Crippen LogP contribution in [-0.2, 0) is 4.79 Å². The number of aromatic nitrogens is 3. The van der Waals surface area contributed by atoms with Crippen LogP contribution in [0.4, 0.5) is 4.39 Å². The smallest absolute Gasteiger partial charge is 0.230 e. The second kappa shape index (κ2) is 10.3. The van der Waals surface area contributed by atoms with Crippen molar-refractivity contribution in [3.63, 3.8) is 0 Å². The Morgan fingerprint density at radius 1 is 1.27 bits per heavy atom. The highest BCUT2D eigenvalue weighted by atomic mass is 32.2. The number of ether oxygens (including phenoxy) is 1. The molecule has 1 saturated carbocycles. The van der Waals surface area contributed by atoms with Gasteiger partial charge in [-0.25, -0.2) is 4.39 Å². The van der Waals surface area contributed by atoms with Gasteiger partial charge in [-0.2, -0.15) is 0 Å². The second-order valence-corrected chi connectivity index (χ2v) is 9.16. The zero-order valence-corrected chi connectivity index (χ0v) is 18.9. The predicted octanol–water partition coefficient (Wildman–Crippen LogP) is 4.93. The van der Waals surface area contributed by atoms with Crippen molar-refractivity contribution in [3.8, 4) is 5.75 Å². The molecular formula is C22H31FN4O2S. The van der Waals surface area contributed by atoms with Gasteiger partial charge in [-0.1, -0.05) is 43.7 Å². The molecule has 2 aromatic rings. The summed E-state index contributed by atoms with van der Waals surface area (Å²) >= 11 is 1.37. The fourth-order valence-electron chi connectivity index (χ4n) is 3.84. The fourth-order valence-corrected chi connectivity index (χ4v) is 4.73. The third-order valence-corrected chi connectivity index (χ3v) is 6.44. The summed E-state index contributed by atoms with van der Waals surface area (Å²) in [6.45, 7) is 8.07. The van der Waals surface area contributed by atoms with Gasteiger partial charge in [0.05, 0.1) is 5.75 Å². The summed E-state index contributed by atoms with van der Waals surface area (Å²) in [5.74, 6) is 1.21. The van der Waals surface area contributed by atoms with Crippen molar-refractivity contribution < 1.29 is 13.9 Å². The normalized spacial score (nSPS) is 20.2. The molecule has 0 aliphatic heterocycles. The fraction of sp³-hybridized carbons (Fsp3) is 0.591. The molecule has 0 spiro atoms. The topological polar surface area (TPSA) is 69.0 Å². The van der Waals surface area contributed by atoms with Crippen molar-refractivity contribution in [3.05, 3.63) is 35.9 Å². The van der Waals surface area contributed by atoms with Crippen LogP contribution >= 0.6 is 11.8 Å². The molecule has 1 heterocycles. The Morgan fingerprint density at radius 2 is 2.00 bits per heavy atom. The maximum atomic E-state index is 13.9. The largest absolute Gasteiger partial charge is 0.480 e. The number of nitrogens with zero attached hydrogens (tertiary/aromatic N) is 3. The summed E-state index contributed by atoms with van der Waals surface area (Å²) in [7, 11) is 0. The Morgan fingerprint density at radius 3 is 2.70 bits per heavy atom. The van der Waals surface area contributed by atoms with Crippen LogP contribution in [0.3, 0.4) is 0 Å². The number of hydrogen-bond acceptors (Lipinski definition) is 5. The SMILES string of the molecule is CC(Oc1ccccc1F)c1nnc(SCC(=O)NC2CCCCC2C)n1C(C)C. The maximum absolute atomic E-state index is 13.9. The van der Waals surface area contributed by atoms with Crippen LogP contribution in [-0.4, -0.2) is 32.5 Å². The van der Waals surface area contributed by atoms with Gasteiger partial charge in [0.1, 0.15) is 0 Å². The van der Waals surface area contributed by atoms with E-state index in [4.69, 9.17) is 4.74 Å². The van der Waals surface area contributed by atoms with Crippen LogP contribution in [0.25, 0.3) is 0 Å². The van der Waals surface area contributed by atoms with Gasteiger partial charge < -0.3 is 14.6 Å². The predicted molar refractivity (Wildman–Crippen MR) is 116 cm³/mol. The summed E-state index contributed by atoms with van der Waals surface area (Å²) in [5, 5.41) is 12.4. The van der Waals surface area contributed by atoms with Crippen molar-refractivity contribution >= 4 is 17.7 Å². The van der Waals surface area contributed by atoms with E-state index in [0.717, 1.165) is 6.42 Å². The highest BCUT2D eigenvalue weighted by Gasteiger charge is 2.25. The first-order valence-corrected chi connectivity index (χ1v) is 11.6. The lowest BCUT2D eigenvalue weighted by Crippen LogP contribution is -2.41. The standard InChI is InChI=1S/C22H31FN4O2S/c1-14(2)27-21(16(4)29-19-12-8-6-10-17(19)23)25-26-22(27)30-13-20(28)24-18-11-7-5-9-15(18)3/h6,8,10,12,14-16,18H,5,7,9,11,13H2,1-4H3,(H,24,28).